The standard InChI is InChI=1S/C14H17BrN2O3/c15-9-6-7-12(11(8-9)13(18)19)17-14(20)16-10-4-2-1-3-5-10/h6-8,10H,1-5H2,(H,18,19)(H2,16,17,20). The highest BCUT2D eigenvalue weighted by Gasteiger charge is 2.17. The fraction of sp³-hybridized carbons (Fsp3) is 0.429. The van der Waals surface area contributed by atoms with Crippen LogP contribution in [0.25, 0.3) is 0 Å². The molecule has 1 aromatic carbocycles. The first-order valence-electron chi connectivity index (χ1n) is 6.66. The first kappa shape index (κ1) is 14.8. The third-order valence-electron chi connectivity index (χ3n) is 3.40. The minimum Gasteiger partial charge on any atom is -0.478 e. The van der Waals surface area contributed by atoms with Crippen LogP contribution in [0.5, 0.6) is 0 Å². The zero-order valence-electron chi connectivity index (χ0n) is 11.0. The molecule has 5 nitrogen and oxygen atoms in total. The molecule has 0 aromatic heterocycles. The number of halogens is 1. The minimum absolute atomic E-state index is 0.0677. The molecule has 1 saturated carbocycles. The topological polar surface area (TPSA) is 78.4 Å². The Hall–Kier alpha value is -1.56. The quantitative estimate of drug-likeness (QED) is 0.786. The van der Waals surface area contributed by atoms with Gasteiger partial charge in [0.05, 0.1) is 11.3 Å². The lowest BCUT2D eigenvalue weighted by Gasteiger charge is -2.23. The van der Waals surface area contributed by atoms with Crippen molar-refractivity contribution in [3.05, 3.63) is 28.2 Å². The molecule has 0 heterocycles. The molecule has 3 N–H and O–H groups in total. The summed E-state index contributed by atoms with van der Waals surface area (Å²) < 4.78 is 0.660. The van der Waals surface area contributed by atoms with Crippen LogP contribution in [0.1, 0.15) is 42.5 Å². The molecular weight excluding hydrogens is 324 g/mol. The summed E-state index contributed by atoms with van der Waals surface area (Å²) in [7, 11) is 0. The maximum Gasteiger partial charge on any atom is 0.337 e. The molecule has 1 fully saturated rings. The number of carbonyl (C=O) groups excluding carboxylic acids is 1. The smallest absolute Gasteiger partial charge is 0.337 e. The van der Waals surface area contributed by atoms with Gasteiger partial charge < -0.3 is 15.7 Å². The van der Waals surface area contributed by atoms with E-state index in [1.54, 1.807) is 12.1 Å². The number of nitrogens with one attached hydrogen (secondary N) is 2. The van der Waals surface area contributed by atoms with Gasteiger partial charge in [0.25, 0.3) is 0 Å². The number of hydrogen-bond donors (Lipinski definition) is 3. The Morgan fingerprint density at radius 3 is 2.55 bits per heavy atom. The molecule has 108 valence electrons. The molecule has 2 amide bonds. The summed E-state index contributed by atoms with van der Waals surface area (Å²) in [5.74, 6) is -1.07. The Morgan fingerprint density at radius 1 is 1.20 bits per heavy atom. The lowest BCUT2D eigenvalue weighted by molar-refractivity contribution is 0.0698. The largest absolute Gasteiger partial charge is 0.478 e. The monoisotopic (exact) mass is 340 g/mol. The van der Waals surface area contributed by atoms with E-state index >= 15 is 0 Å². The van der Waals surface area contributed by atoms with E-state index in [1.165, 1.54) is 12.5 Å². The lowest BCUT2D eigenvalue weighted by atomic mass is 9.96. The van der Waals surface area contributed by atoms with Crippen molar-refractivity contribution in [2.75, 3.05) is 5.32 Å². The van der Waals surface area contributed by atoms with E-state index < -0.39 is 5.97 Å². The lowest BCUT2D eigenvalue weighted by Crippen LogP contribution is -2.39. The van der Waals surface area contributed by atoms with E-state index in [1.807, 2.05) is 0 Å². The molecule has 2 rings (SSSR count). The molecule has 0 spiro atoms. The fourth-order valence-corrected chi connectivity index (χ4v) is 2.75. The summed E-state index contributed by atoms with van der Waals surface area (Å²) in [4.78, 5) is 23.1. The van der Waals surface area contributed by atoms with Gasteiger partial charge in [0.15, 0.2) is 0 Å². The van der Waals surface area contributed by atoms with Gasteiger partial charge in [-0.15, -0.1) is 0 Å². The SMILES string of the molecule is O=C(Nc1ccc(Br)cc1C(=O)O)NC1CCCCC1. The van der Waals surface area contributed by atoms with Gasteiger partial charge >= 0.3 is 12.0 Å². The van der Waals surface area contributed by atoms with Crippen LogP contribution in [0, 0.1) is 0 Å². The van der Waals surface area contributed by atoms with Crippen molar-refractivity contribution < 1.29 is 14.7 Å². The number of carbonyl (C=O) groups is 2. The van der Waals surface area contributed by atoms with Crippen LogP contribution in [0.3, 0.4) is 0 Å². The normalized spacial score (nSPS) is 15.7. The van der Waals surface area contributed by atoms with E-state index in [0.29, 0.717) is 10.2 Å². The maximum absolute atomic E-state index is 11.9. The molecule has 20 heavy (non-hydrogen) atoms. The van der Waals surface area contributed by atoms with E-state index in [0.717, 1.165) is 25.7 Å². The van der Waals surface area contributed by atoms with Gasteiger partial charge in [-0.25, -0.2) is 9.59 Å². The number of carboxylic acid groups (broad SMARTS) is 1. The molecule has 0 atom stereocenters. The van der Waals surface area contributed by atoms with Gasteiger partial charge in [-0.05, 0) is 31.0 Å². The van der Waals surface area contributed by atoms with Crippen molar-refractivity contribution in [2.24, 2.45) is 0 Å². The van der Waals surface area contributed by atoms with Gasteiger partial charge in [-0.3, -0.25) is 0 Å². The number of carboxylic acids is 1. The van der Waals surface area contributed by atoms with Crippen LogP contribution in [0.4, 0.5) is 10.5 Å². The third kappa shape index (κ3) is 3.96. The Labute approximate surface area is 125 Å². The summed E-state index contributed by atoms with van der Waals surface area (Å²) in [5.41, 5.74) is 0.368. The minimum atomic E-state index is -1.07. The second-order valence-corrected chi connectivity index (χ2v) is 5.84. The van der Waals surface area contributed by atoms with Crippen molar-refractivity contribution in [1.82, 2.24) is 5.32 Å². The summed E-state index contributed by atoms with van der Waals surface area (Å²) in [6.07, 6.45) is 5.45. The molecule has 0 saturated heterocycles. The van der Waals surface area contributed by atoms with E-state index in [9.17, 15) is 9.59 Å². The Morgan fingerprint density at radius 2 is 1.90 bits per heavy atom. The van der Waals surface area contributed by atoms with E-state index in [-0.39, 0.29) is 17.6 Å². The van der Waals surface area contributed by atoms with Crippen molar-refractivity contribution in [1.29, 1.82) is 0 Å². The fourth-order valence-electron chi connectivity index (χ4n) is 2.39. The average molecular weight is 341 g/mol. The first-order valence-corrected chi connectivity index (χ1v) is 7.46. The summed E-state index contributed by atoms with van der Waals surface area (Å²) in [5, 5.41) is 14.6. The Bertz CT molecular complexity index is 513. The number of amides is 2. The van der Waals surface area contributed by atoms with Gasteiger partial charge in [-0.2, -0.15) is 0 Å². The molecule has 0 aliphatic heterocycles. The number of benzene rings is 1. The van der Waals surface area contributed by atoms with Crippen LogP contribution >= 0.6 is 15.9 Å². The molecule has 0 unspecified atom stereocenters. The molecule has 6 heteroatoms. The van der Waals surface area contributed by atoms with Crippen molar-refractivity contribution >= 4 is 33.6 Å². The highest BCUT2D eigenvalue weighted by molar-refractivity contribution is 9.10. The van der Waals surface area contributed by atoms with Crippen LogP contribution in [-0.4, -0.2) is 23.1 Å². The van der Waals surface area contributed by atoms with Crippen LogP contribution < -0.4 is 10.6 Å². The predicted octanol–water partition coefficient (Wildman–Crippen LogP) is 3.60. The van der Waals surface area contributed by atoms with Gasteiger partial charge in [0, 0.05) is 10.5 Å². The molecule has 0 bridgehead atoms. The van der Waals surface area contributed by atoms with Crippen molar-refractivity contribution in [3.8, 4) is 0 Å². The van der Waals surface area contributed by atoms with Crippen LogP contribution in [0.2, 0.25) is 0 Å². The number of urea groups is 1. The zero-order chi connectivity index (χ0) is 14.5. The molecule has 0 radical (unpaired) electrons. The van der Waals surface area contributed by atoms with E-state index in [4.69, 9.17) is 5.11 Å². The number of anilines is 1. The van der Waals surface area contributed by atoms with Gasteiger partial charge in [-0.1, -0.05) is 35.2 Å². The summed E-state index contributed by atoms with van der Waals surface area (Å²) in [6.45, 7) is 0. The van der Waals surface area contributed by atoms with Crippen LogP contribution in [-0.2, 0) is 0 Å². The zero-order valence-corrected chi connectivity index (χ0v) is 12.6. The van der Waals surface area contributed by atoms with E-state index in [2.05, 4.69) is 26.6 Å². The van der Waals surface area contributed by atoms with Crippen LogP contribution in [0.15, 0.2) is 22.7 Å². The Kier molecular flexibility index (Phi) is 5.00. The second kappa shape index (κ2) is 6.74. The van der Waals surface area contributed by atoms with Gasteiger partial charge in [0.1, 0.15) is 0 Å². The van der Waals surface area contributed by atoms with Gasteiger partial charge in [0.2, 0.25) is 0 Å². The highest BCUT2D eigenvalue weighted by Crippen LogP contribution is 2.22. The molecule has 1 aromatic rings. The first-order chi connectivity index (χ1) is 9.56. The molecule has 1 aliphatic rings. The van der Waals surface area contributed by atoms with Crippen molar-refractivity contribution in [3.63, 3.8) is 0 Å². The number of rotatable bonds is 3. The number of hydrogen-bond acceptors (Lipinski definition) is 2. The summed E-state index contributed by atoms with van der Waals surface area (Å²) in [6, 6.07) is 4.59. The third-order valence-corrected chi connectivity index (χ3v) is 3.89. The highest BCUT2D eigenvalue weighted by atomic mass is 79.9. The summed E-state index contributed by atoms with van der Waals surface area (Å²) >= 11 is 3.22. The van der Waals surface area contributed by atoms with Crippen molar-refractivity contribution in [2.45, 2.75) is 38.1 Å². The average Bonchev–Trinajstić information content (AvgIpc) is 2.41. The Balaban J connectivity index is 2.01. The number of aromatic carboxylic acids is 1. The second-order valence-electron chi connectivity index (χ2n) is 4.93. The molecular formula is C14H17BrN2O3. The molecule has 1 aliphatic carbocycles. The maximum atomic E-state index is 11.9. The predicted molar refractivity (Wildman–Crippen MR) is 80.1 cm³/mol.